The monoisotopic (exact) mass is 280 g/mol. The van der Waals surface area contributed by atoms with Crippen molar-refractivity contribution in [2.45, 2.75) is 25.6 Å². The molecule has 1 aromatic carbocycles. The number of halogens is 1. The van der Waals surface area contributed by atoms with E-state index in [1.807, 2.05) is 29.2 Å². The van der Waals surface area contributed by atoms with Crippen LogP contribution >= 0.6 is 0 Å². The lowest BCUT2D eigenvalue weighted by atomic mass is 10.1. The average molecular weight is 280 g/mol. The molecule has 0 bridgehead atoms. The molecule has 0 spiro atoms. The van der Waals surface area contributed by atoms with Gasteiger partial charge < -0.3 is 10.1 Å². The first-order valence-electron chi connectivity index (χ1n) is 6.94. The van der Waals surface area contributed by atoms with E-state index in [-0.39, 0.29) is 5.91 Å². The summed E-state index contributed by atoms with van der Waals surface area (Å²) < 4.78 is 18.2. The van der Waals surface area contributed by atoms with Crippen LogP contribution in [0.15, 0.2) is 24.3 Å². The average Bonchev–Trinajstić information content (AvgIpc) is 2.48. The van der Waals surface area contributed by atoms with Crippen LogP contribution in [-0.4, -0.2) is 43.7 Å². The molecular formula is C15H21FN2O2. The molecule has 5 heteroatoms. The zero-order valence-electron chi connectivity index (χ0n) is 11.8. The summed E-state index contributed by atoms with van der Waals surface area (Å²) in [4.78, 5) is 13.9. The number of methoxy groups -OCH3 is 1. The number of hydrogen-bond donors (Lipinski definition) is 1. The first kappa shape index (κ1) is 14.8. The van der Waals surface area contributed by atoms with Crippen LogP contribution in [0.4, 0.5) is 4.39 Å². The van der Waals surface area contributed by atoms with Crippen LogP contribution in [0.2, 0.25) is 0 Å². The minimum absolute atomic E-state index is 0.0341. The van der Waals surface area contributed by atoms with E-state index in [2.05, 4.69) is 5.32 Å². The second-order valence-electron chi connectivity index (χ2n) is 5.04. The molecule has 1 amide bonds. The van der Waals surface area contributed by atoms with Crippen LogP contribution < -0.4 is 10.1 Å². The van der Waals surface area contributed by atoms with Gasteiger partial charge in [0.15, 0.2) is 0 Å². The van der Waals surface area contributed by atoms with E-state index in [0.717, 1.165) is 11.3 Å². The number of carbonyl (C=O) groups is 1. The van der Waals surface area contributed by atoms with Crippen LogP contribution in [0.5, 0.6) is 5.75 Å². The van der Waals surface area contributed by atoms with Gasteiger partial charge in [-0.05, 0) is 18.9 Å². The Hall–Kier alpha value is -1.62. The van der Waals surface area contributed by atoms with Crippen LogP contribution in [0, 0.1) is 0 Å². The molecule has 20 heavy (non-hydrogen) atoms. The number of nitrogens with one attached hydrogen (secondary N) is 1. The first-order valence-corrected chi connectivity index (χ1v) is 6.94. The Morgan fingerprint density at radius 2 is 2.10 bits per heavy atom. The van der Waals surface area contributed by atoms with Gasteiger partial charge in [-0.3, -0.25) is 9.69 Å². The summed E-state index contributed by atoms with van der Waals surface area (Å²) in [5, 5.41) is 2.88. The van der Waals surface area contributed by atoms with E-state index >= 15 is 0 Å². The Morgan fingerprint density at radius 3 is 2.80 bits per heavy atom. The number of rotatable bonds is 5. The van der Waals surface area contributed by atoms with E-state index in [1.54, 1.807) is 7.11 Å². The third kappa shape index (κ3) is 4.20. The van der Waals surface area contributed by atoms with Gasteiger partial charge in [0.2, 0.25) is 5.91 Å². The maximum atomic E-state index is 13.0. The quantitative estimate of drug-likeness (QED) is 0.893. The maximum absolute atomic E-state index is 13.0. The van der Waals surface area contributed by atoms with Crippen LogP contribution in [0.1, 0.15) is 18.4 Å². The molecule has 0 saturated carbocycles. The molecule has 0 atom stereocenters. The van der Waals surface area contributed by atoms with Crippen molar-refractivity contribution in [3.8, 4) is 5.75 Å². The molecule has 1 heterocycles. The minimum atomic E-state index is -0.706. The third-order valence-electron chi connectivity index (χ3n) is 3.55. The molecule has 0 aliphatic carbocycles. The van der Waals surface area contributed by atoms with Gasteiger partial charge in [-0.15, -0.1) is 0 Å². The lowest BCUT2D eigenvalue weighted by Gasteiger charge is -2.27. The molecule has 1 saturated heterocycles. The number of alkyl halides is 1. The number of piperidine rings is 1. The van der Waals surface area contributed by atoms with Gasteiger partial charge >= 0.3 is 0 Å². The van der Waals surface area contributed by atoms with E-state index in [1.165, 1.54) is 0 Å². The molecule has 4 nitrogen and oxygen atoms in total. The summed E-state index contributed by atoms with van der Waals surface area (Å²) in [7, 11) is 1.61. The van der Waals surface area contributed by atoms with Gasteiger partial charge in [-0.1, -0.05) is 18.2 Å². The summed E-state index contributed by atoms with van der Waals surface area (Å²) >= 11 is 0. The Bertz CT molecular complexity index is 445. The van der Waals surface area contributed by atoms with Crippen molar-refractivity contribution in [3.63, 3.8) is 0 Å². The molecule has 0 aromatic heterocycles. The van der Waals surface area contributed by atoms with Crippen molar-refractivity contribution in [1.29, 1.82) is 0 Å². The van der Waals surface area contributed by atoms with Crippen molar-refractivity contribution in [3.05, 3.63) is 29.8 Å². The number of nitrogens with zero attached hydrogens (tertiary/aromatic N) is 1. The molecular weight excluding hydrogens is 259 g/mol. The minimum Gasteiger partial charge on any atom is -0.496 e. The number of likely N-dealkylation sites (tertiary alicyclic amines) is 1. The summed E-state index contributed by atoms with van der Waals surface area (Å²) in [6.07, 6.45) is 0.349. The van der Waals surface area contributed by atoms with E-state index in [0.29, 0.717) is 39.0 Å². The standard InChI is InChI=1S/C15H21FN2O2/c1-20-14-5-3-2-4-12(14)10-17-15(19)11-18-8-6-13(16)7-9-18/h2-5,13H,6-11H2,1H3,(H,17,19). The molecule has 110 valence electrons. The van der Waals surface area contributed by atoms with Gasteiger partial charge in [0.25, 0.3) is 0 Å². The van der Waals surface area contributed by atoms with Crippen LogP contribution in [0.3, 0.4) is 0 Å². The molecule has 1 aliphatic heterocycles. The molecule has 1 N–H and O–H groups in total. The highest BCUT2D eigenvalue weighted by atomic mass is 19.1. The van der Waals surface area contributed by atoms with E-state index in [4.69, 9.17) is 4.74 Å². The van der Waals surface area contributed by atoms with Gasteiger partial charge in [-0.2, -0.15) is 0 Å². The fraction of sp³-hybridized carbons (Fsp3) is 0.533. The Labute approximate surface area is 118 Å². The molecule has 0 radical (unpaired) electrons. The molecule has 2 rings (SSSR count). The Morgan fingerprint density at radius 1 is 1.40 bits per heavy atom. The SMILES string of the molecule is COc1ccccc1CNC(=O)CN1CCC(F)CC1. The van der Waals surface area contributed by atoms with Crippen molar-refractivity contribution < 1.29 is 13.9 Å². The van der Waals surface area contributed by atoms with Crippen LogP contribution in [0.25, 0.3) is 0 Å². The number of para-hydroxylation sites is 1. The first-order chi connectivity index (χ1) is 9.69. The number of amides is 1. The second-order valence-corrected chi connectivity index (χ2v) is 5.04. The normalized spacial score (nSPS) is 16.9. The lowest BCUT2D eigenvalue weighted by Crippen LogP contribution is -2.41. The van der Waals surface area contributed by atoms with Crippen molar-refractivity contribution in [1.82, 2.24) is 10.2 Å². The zero-order chi connectivity index (χ0) is 14.4. The van der Waals surface area contributed by atoms with Gasteiger partial charge in [0, 0.05) is 25.2 Å². The maximum Gasteiger partial charge on any atom is 0.234 e. The van der Waals surface area contributed by atoms with Gasteiger partial charge in [0.1, 0.15) is 11.9 Å². The van der Waals surface area contributed by atoms with Crippen molar-refractivity contribution >= 4 is 5.91 Å². The third-order valence-corrected chi connectivity index (χ3v) is 3.55. The second kappa shape index (κ2) is 7.24. The highest BCUT2D eigenvalue weighted by Gasteiger charge is 2.19. The van der Waals surface area contributed by atoms with Gasteiger partial charge in [-0.25, -0.2) is 4.39 Å². The van der Waals surface area contributed by atoms with Crippen molar-refractivity contribution in [2.24, 2.45) is 0 Å². The van der Waals surface area contributed by atoms with E-state index in [9.17, 15) is 9.18 Å². The van der Waals surface area contributed by atoms with Crippen LogP contribution in [-0.2, 0) is 11.3 Å². The highest BCUT2D eigenvalue weighted by Crippen LogP contribution is 2.17. The summed E-state index contributed by atoms with van der Waals surface area (Å²) in [5.41, 5.74) is 0.950. The predicted octanol–water partition coefficient (Wildman–Crippen LogP) is 1.75. The topological polar surface area (TPSA) is 41.6 Å². The lowest BCUT2D eigenvalue weighted by molar-refractivity contribution is -0.122. The van der Waals surface area contributed by atoms with Gasteiger partial charge in [0.05, 0.1) is 13.7 Å². The predicted molar refractivity (Wildman–Crippen MR) is 75.4 cm³/mol. The number of ether oxygens (including phenoxy) is 1. The highest BCUT2D eigenvalue weighted by molar-refractivity contribution is 5.78. The fourth-order valence-electron chi connectivity index (χ4n) is 2.36. The number of hydrogen-bond acceptors (Lipinski definition) is 3. The summed E-state index contributed by atoms with van der Waals surface area (Å²) in [6, 6.07) is 7.60. The zero-order valence-corrected chi connectivity index (χ0v) is 11.8. The molecule has 1 aromatic rings. The smallest absolute Gasteiger partial charge is 0.234 e. The Kier molecular flexibility index (Phi) is 5.35. The number of carbonyl (C=O) groups excluding carboxylic acids is 1. The molecule has 1 aliphatic rings. The van der Waals surface area contributed by atoms with E-state index < -0.39 is 6.17 Å². The summed E-state index contributed by atoms with van der Waals surface area (Å²) in [6.45, 7) is 2.09. The van der Waals surface area contributed by atoms with Crippen molar-refractivity contribution in [2.75, 3.05) is 26.7 Å². The fourth-order valence-corrected chi connectivity index (χ4v) is 2.36. The molecule has 1 fully saturated rings. The largest absolute Gasteiger partial charge is 0.496 e. The summed E-state index contributed by atoms with van der Waals surface area (Å²) in [5.74, 6) is 0.735. The number of benzene rings is 1. The Balaban J connectivity index is 1.77. The molecule has 0 unspecified atom stereocenters.